The number of carboxylic acid groups (broad SMARTS) is 1. The Kier molecular flexibility index (Phi) is 4.69. The number of hydrogen-bond donors (Lipinski definition) is 1. The molecule has 0 radical (unpaired) electrons. The Labute approximate surface area is 161 Å². The zero-order valence-electron chi connectivity index (χ0n) is 14.0. The van der Waals surface area contributed by atoms with Gasteiger partial charge in [0.1, 0.15) is 11.5 Å². The van der Waals surface area contributed by atoms with Crippen LogP contribution in [0.2, 0.25) is 10.0 Å². The summed E-state index contributed by atoms with van der Waals surface area (Å²) in [5.41, 5.74) is 2.06. The molecule has 2 heterocycles. The Morgan fingerprint density at radius 1 is 1.00 bits per heavy atom. The Balaban J connectivity index is 1.70. The highest BCUT2D eigenvalue weighted by molar-refractivity contribution is 6.31. The van der Waals surface area contributed by atoms with Gasteiger partial charge in [-0.25, -0.2) is 4.79 Å². The van der Waals surface area contributed by atoms with E-state index in [2.05, 4.69) is 4.90 Å². The second-order valence-corrected chi connectivity index (χ2v) is 7.43. The van der Waals surface area contributed by atoms with Gasteiger partial charge >= 0.3 is 6.09 Å². The lowest BCUT2D eigenvalue weighted by Crippen LogP contribution is -2.49. The summed E-state index contributed by atoms with van der Waals surface area (Å²) in [5, 5.41) is 10.5. The minimum absolute atomic E-state index is 0.0550. The van der Waals surface area contributed by atoms with Crippen LogP contribution >= 0.6 is 23.2 Å². The third kappa shape index (κ3) is 3.34. The zero-order valence-corrected chi connectivity index (χ0v) is 15.5. The largest absolute Gasteiger partial charge is 0.465 e. The molecule has 2 aromatic carbocycles. The van der Waals surface area contributed by atoms with Gasteiger partial charge in [0.15, 0.2) is 0 Å². The van der Waals surface area contributed by atoms with E-state index in [4.69, 9.17) is 27.9 Å². The lowest BCUT2D eigenvalue weighted by molar-refractivity contribution is 0.0846. The summed E-state index contributed by atoms with van der Waals surface area (Å²) >= 11 is 12.4. The molecule has 0 bridgehead atoms. The van der Waals surface area contributed by atoms with Crippen molar-refractivity contribution >= 4 is 29.3 Å². The molecule has 0 saturated carbocycles. The quantitative estimate of drug-likeness (QED) is 0.765. The predicted molar refractivity (Wildman–Crippen MR) is 101 cm³/mol. The molecular weight excluding hydrogens is 375 g/mol. The van der Waals surface area contributed by atoms with Gasteiger partial charge in [-0.2, -0.15) is 0 Å². The molecule has 1 N–H and O–H groups in total. The van der Waals surface area contributed by atoms with E-state index in [9.17, 15) is 9.90 Å². The van der Waals surface area contributed by atoms with Gasteiger partial charge in [-0.15, -0.1) is 0 Å². The molecule has 1 amide bonds. The van der Waals surface area contributed by atoms with E-state index >= 15 is 0 Å². The van der Waals surface area contributed by atoms with Crippen LogP contribution < -0.4 is 4.74 Å². The molecule has 0 aliphatic carbocycles. The average molecular weight is 393 g/mol. The van der Waals surface area contributed by atoms with Crippen LogP contribution in [0.1, 0.15) is 17.2 Å². The summed E-state index contributed by atoms with van der Waals surface area (Å²) in [6, 6.07) is 11.4. The normalized spacial score (nSPS) is 19.9. The van der Waals surface area contributed by atoms with Crippen molar-refractivity contribution in [1.29, 1.82) is 0 Å². The maximum atomic E-state index is 11.2. The maximum absolute atomic E-state index is 11.2. The number of fused-ring (bicyclic) bond motifs is 2. The molecule has 1 saturated heterocycles. The monoisotopic (exact) mass is 392 g/mol. The molecule has 1 unspecified atom stereocenters. The summed E-state index contributed by atoms with van der Waals surface area (Å²) in [7, 11) is 0. The van der Waals surface area contributed by atoms with E-state index in [1.54, 1.807) is 0 Å². The summed E-state index contributed by atoms with van der Waals surface area (Å²) in [4.78, 5) is 14.9. The average Bonchev–Trinajstić information content (AvgIpc) is 2.78. The van der Waals surface area contributed by atoms with Crippen LogP contribution in [0.4, 0.5) is 4.79 Å². The molecule has 2 aliphatic rings. The van der Waals surface area contributed by atoms with Gasteiger partial charge in [-0.1, -0.05) is 23.2 Å². The fourth-order valence-corrected chi connectivity index (χ4v) is 4.04. The van der Waals surface area contributed by atoms with Crippen molar-refractivity contribution in [2.24, 2.45) is 0 Å². The molecule has 0 aromatic heterocycles. The Morgan fingerprint density at radius 2 is 1.65 bits per heavy atom. The van der Waals surface area contributed by atoms with Crippen LogP contribution in [-0.4, -0.2) is 47.2 Å². The number of carbonyl (C=O) groups is 1. The topological polar surface area (TPSA) is 53.0 Å². The highest BCUT2D eigenvalue weighted by Gasteiger charge is 2.31. The molecular formula is C19H18Cl2N2O3. The molecule has 136 valence electrons. The standard InChI is InChI=1S/C19H18Cl2N2O3/c20-13-1-3-17-12(9-13)10-16(15-11-14(21)2-4-18(15)26-17)22-5-7-23(8-6-22)19(24)25/h1-4,9,11,16H,5-8,10H2,(H,24,25). The van der Waals surface area contributed by atoms with E-state index in [1.165, 1.54) is 4.90 Å². The molecule has 2 aromatic rings. The predicted octanol–water partition coefficient (Wildman–Crippen LogP) is 4.68. The highest BCUT2D eigenvalue weighted by atomic mass is 35.5. The van der Waals surface area contributed by atoms with Gasteiger partial charge in [-0.05, 0) is 48.4 Å². The van der Waals surface area contributed by atoms with E-state index in [1.807, 2.05) is 36.4 Å². The first-order valence-electron chi connectivity index (χ1n) is 8.49. The second-order valence-electron chi connectivity index (χ2n) is 6.56. The maximum Gasteiger partial charge on any atom is 0.407 e. The van der Waals surface area contributed by atoms with Crippen LogP contribution in [0.15, 0.2) is 36.4 Å². The minimum Gasteiger partial charge on any atom is -0.465 e. The lowest BCUT2D eigenvalue weighted by atomic mass is 9.96. The number of nitrogens with zero attached hydrogens (tertiary/aromatic N) is 2. The molecule has 2 aliphatic heterocycles. The Hall–Kier alpha value is -1.95. The first-order valence-corrected chi connectivity index (χ1v) is 9.24. The summed E-state index contributed by atoms with van der Waals surface area (Å²) < 4.78 is 6.14. The van der Waals surface area contributed by atoms with Crippen molar-refractivity contribution in [2.75, 3.05) is 26.2 Å². The van der Waals surface area contributed by atoms with Crippen molar-refractivity contribution in [1.82, 2.24) is 9.80 Å². The summed E-state index contributed by atoms with van der Waals surface area (Å²) in [6.07, 6.45) is -0.134. The van der Waals surface area contributed by atoms with Crippen LogP contribution in [0, 0.1) is 0 Å². The summed E-state index contributed by atoms with van der Waals surface area (Å²) in [6.45, 7) is 2.31. The van der Waals surface area contributed by atoms with Crippen molar-refractivity contribution < 1.29 is 14.6 Å². The van der Waals surface area contributed by atoms with Gasteiger partial charge < -0.3 is 14.7 Å². The number of ether oxygens (including phenoxy) is 1. The fourth-order valence-electron chi connectivity index (χ4n) is 3.67. The zero-order chi connectivity index (χ0) is 18.3. The van der Waals surface area contributed by atoms with Crippen molar-refractivity contribution in [3.63, 3.8) is 0 Å². The molecule has 0 spiro atoms. The summed E-state index contributed by atoms with van der Waals surface area (Å²) in [5.74, 6) is 1.57. The van der Waals surface area contributed by atoms with Gasteiger partial charge in [0, 0.05) is 47.8 Å². The number of benzene rings is 2. The van der Waals surface area contributed by atoms with Crippen molar-refractivity contribution in [3.8, 4) is 11.5 Å². The molecule has 5 nitrogen and oxygen atoms in total. The molecule has 1 fully saturated rings. The first kappa shape index (κ1) is 17.5. The van der Waals surface area contributed by atoms with E-state index in [0.717, 1.165) is 29.0 Å². The van der Waals surface area contributed by atoms with Crippen molar-refractivity contribution in [2.45, 2.75) is 12.5 Å². The van der Waals surface area contributed by atoms with Crippen LogP contribution in [0.5, 0.6) is 11.5 Å². The van der Waals surface area contributed by atoms with Crippen LogP contribution in [0.25, 0.3) is 0 Å². The molecule has 7 heteroatoms. The number of halogens is 2. The second kappa shape index (κ2) is 6.99. The molecule has 26 heavy (non-hydrogen) atoms. The first-order chi connectivity index (χ1) is 12.5. The SMILES string of the molecule is O=C(O)N1CCN(C2Cc3cc(Cl)ccc3Oc3ccc(Cl)cc32)CC1. The third-order valence-electron chi connectivity index (χ3n) is 5.01. The number of hydrogen-bond acceptors (Lipinski definition) is 3. The van der Waals surface area contributed by atoms with Gasteiger partial charge in [0.2, 0.25) is 0 Å². The number of piperazine rings is 1. The van der Waals surface area contributed by atoms with E-state index in [0.29, 0.717) is 36.2 Å². The molecule has 4 rings (SSSR count). The number of rotatable bonds is 1. The van der Waals surface area contributed by atoms with Gasteiger partial charge in [0.25, 0.3) is 0 Å². The Bertz CT molecular complexity index is 851. The van der Waals surface area contributed by atoms with E-state index < -0.39 is 6.09 Å². The highest BCUT2D eigenvalue weighted by Crippen LogP contribution is 2.42. The van der Waals surface area contributed by atoms with Crippen molar-refractivity contribution in [3.05, 3.63) is 57.6 Å². The smallest absolute Gasteiger partial charge is 0.407 e. The molecule has 1 atom stereocenters. The van der Waals surface area contributed by atoms with Gasteiger partial charge in [0.05, 0.1) is 0 Å². The van der Waals surface area contributed by atoms with Crippen LogP contribution in [-0.2, 0) is 6.42 Å². The number of amides is 1. The fraction of sp³-hybridized carbons (Fsp3) is 0.316. The van der Waals surface area contributed by atoms with Crippen LogP contribution in [0.3, 0.4) is 0 Å². The van der Waals surface area contributed by atoms with Gasteiger partial charge in [-0.3, -0.25) is 4.90 Å². The lowest BCUT2D eigenvalue weighted by Gasteiger charge is -2.38. The Morgan fingerprint density at radius 3 is 2.35 bits per heavy atom. The minimum atomic E-state index is -0.866. The third-order valence-corrected chi connectivity index (χ3v) is 5.48. The van der Waals surface area contributed by atoms with E-state index in [-0.39, 0.29) is 6.04 Å².